The van der Waals surface area contributed by atoms with Gasteiger partial charge in [0.25, 0.3) is 0 Å². The zero-order valence-corrected chi connectivity index (χ0v) is 12.4. The maximum atomic E-state index is 9.48. The molecule has 1 aromatic rings. The Balaban J connectivity index is 2.09. The van der Waals surface area contributed by atoms with Crippen LogP contribution in [0.2, 0.25) is 5.02 Å². The van der Waals surface area contributed by atoms with Crippen molar-refractivity contribution in [3.05, 3.63) is 29.3 Å². The SMILES string of the molecule is CCC1(CC)CC(C#N)(Sc2ccc(Cl)cc2)C1. The monoisotopic (exact) mass is 279 g/mol. The first kappa shape index (κ1) is 13.8. The van der Waals surface area contributed by atoms with E-state index in [1.54, 1.807) is 11.8 Å². The average Bonchev–Trinajstić information content (AvgIpc) is 2.36. The van der Waals surface area contributed by atoms with Crippen molar-refractivity contribution < 1.29 is 0 Å². The second-order valence-electron chi connectivity index (χ2n) is 5.22. The molecule has 0 heterocycles. The molecule has 2 rings (SSSR count). The molecule has 96 valence electrons. The fourth-order valence-electron chi connectivity index (χ4n) is 2.81. The zero-order valence-electron chi connectivity index (χ0n) is 10.9. The largest absolute Gasteiger partial charge is 0.197 e. The van der Waals surface area contributed by atoms with Crippen molar-refractivity contribution in [1.29, 1.82) is 5.26 Å². The molecular formula is C15H18ClNS. The maximum Gasteiger partial charge on any atom is 0.108 e. The van der Waals surface area contributed by atoms with Crippen molar-refractivity contribution in [2.45, 2.75) is 49.2 Å². The topological polar surface area (TPSA) is 23.8 Å². The first-order valence-corrected chi connectivity index (χ1v) is 7.62. The van der Waals surface area contributed by atoms with Crippen molar-refractivity contribution in [2.75, 3.05) is 0 Å². The highest BCUT2D eigenvalue weighted by Gasteiger charge is 2.53. The molecule has 0 unspecified atom stereocenters. The Morgan fingerprint density at radius 1 is 1.22 bits per heavy atom. The summed E-state index contributed by atoms with van der Waals surface area (Å²) in [5.41, 5.74) is 0.398. The van der Waals surface area contributed by atoms with Gasteiger partial charge in [-0.05, 0) is 42.5 Å². The molecule has 1 fully saturated rings. The van der Waals surface area contributed by atoms with Crippen molar-refractivity contribution in [3.63, 3.8) is 0 Å². The van der Waals surface area contributed by atoms with E-state index in [4.69, 9.17) is 11.6 Å². The number of thioether (sulfide) groups is 1. The van der Waals surface area contributed by atoms with E-state index in [1.807, 2.05) is 24.3 Å². The number of halogens is 1. The van der Waals surface area contributed by atoms with Crippen LogP contribution in [0.25, 0.3) is 0 Å². The van der Waals surface area contributed by atoms with E-state index in [-0.39, 0.29) is 4.75 Å². The molecule has 0 spiro atoms. The molecule has 1 aromatic carbocycles. The molecule has 0 amide bonds. The third kappa shape index (κ3) is 2.53. The van der Waals surface area contributed by atoms with Crippen LogP contribution in [0.5, 0.6) is 0 Å². The van der Waals surface area contributed by atoms with Crippen molar-refractivity contribution in [3.8, 4) is 6.07 Å². The third-order valence-electron chi connectivity index (χ3n) is 4.15. The Bertz CT molecular complexity index is 448. The molecule has 0 bridgehead atoms. The van der Waals surface area contributed by atoms with Gasteiger partial charge in [-0.1, -0.05) is 38.3 Å². The predicted molar refractivity (Wildman–Crippen MR) is 77.9 cm³/mol. The summed E-state index contributed by atoms with van der Waals surface area (Å²) in [6.07, 6.45) is 4.37. The van der Waals surface area contributed by atoms with Crippen LogP contribution < -0.4 is 0 Å². The van der Waals surface area contributed by atoms with Crippen LogP contribution in [0.3, 0.4) is 0 Å². The van der Waals surface area contributed by atoms with Crippen molar-refractivity contribution in [1.82, 2.24) is 0 Å². The molecule has 0 radical (unpaired) electrons. The van der Waals surface area contributed by atoms with Crippen LogP contribution >= 0.6 is 23.4 Å². The maximum absolute atomic E-state index is 9.48. The lowest BCUT2D eigenvalue weighted by Gasteiger charge is -2.52. The van der Waals surface area contributed by atoms with E-state index in [9.17, 15) is 5.26 Å². The second kappa shape index (κ2) is 5.15. The van der Waals surface area contributed by atoms with Crippen LogP contribution in [0, 0.1) is 16.7 Å². The highest BCUT2D eigenvalue weighted by Crippen LogP contribution is 2.60. The van der Waals surface area contributed by atoms with Gasteiger partial charge in [0.2, 0.25) is 0 Å². The molecule has 1 nitrogen and oxygen atoms in total. The van der Waals surface area contributed by atoms with Gasteiger partial charge in [-0.15, -0.1) is 11.8 Å². The third-order valence-corrected chi connectivity index (χ3v) is 5.68. The fourth-order valence-corrected chi connectivity index (χ4v) is 4.46. The van der Waals surface area contributed by atoms with E-state index < -0.39 is 0 Å². The summed E-state index contributed by atoms with van der Waals surface area (Å²) in [7, 11) is 0. The minimum Gasteiger partial charge on any atom is -0.197 e. The van der Waals surface area contributed by atoms with Gasteiger partial charge in [0.15, 0.2) is 0 Å². The lowest BCUT2D eigenvalue weighted by atomic mass is 9.59. The molecule has 1 aliphatic carbocycles. The Kier molecular flexibility index (Phi) is 3.94. The van der Waals surface area contributed by atoms with Crippen LogP contribution in [0.4, 0.5) is 0 Å². The fraction of sp³-hybridized carbons (Fsp3) is 0.533. The van der Waals surface area contributed by atoms with Crippen LogP contribution in [-0.2, 0) is 0 Å². The van der Waals surface area contributed by atoms with Gasteiger partial charge in [0.05, 0.1) is 6.07 Å². The van der Waals surface area contributed by atoms with Crippen molar-refractivity contribution in [2.24, 2.45) is 5.41 Å². The average molecular weight is 280 g/mol. The van der Waals surface area contributed by atoms with Gasteiger partial charge in [0.1, 0.15) is 4.75 Å². The molecule has 0 atom stereocenters. The minimum atomic E-state index is -0.222. The highest BCUT2D eigenvalue weighted by atomic mass is 35.5. The summed E-state index contributed by atoms with van der Waals surface area (Å²) in [4.78, 5) is 1.14. The van der Waals surface area contributed by atoms with Crippen LogP contribution in [-0.4, -0.2) is 4.75 Å². The number of rotatable bonds is 4. The number of nitrogens with zero attached hydrogens (tertiary/aromatic N) is 1. The molecule has 3 heteroatoms. The quantitative estimate of drug-likeness (QED) is 0.747. The molecule has 1 saturated carbocycles. The number of hydrogen-bond acceptors (Lipinski definition) is 2. The number of hydrogen-bond donors (Lipinski definition) is 0. The van der Waals surface area contributed by atoms with E-state index >= 15 is 0 Å². The standard InChI is InChI=1S/C15H18ClNS/c1-3-14(4-2)9-15(10-14,11-17)18-13-7-5-12(16)6-8-13/h5-8H,3-4,9-10H2,1-2H3. The van der Waals surface area contributed by atoms with Gasteiger partial charge in [-0.25, -0.2) is 0 Å². The molecule has 0 N–H and O–H groups in total. The van der Waals surface area contributed by atoms with Gasteiger partial charge in [-0.3, -0.25) is 0 Å². The van der Waals surface area contributed by atoms with Crippen LogP contribution in [0.15, 0.2) is 29.2 Å². The first-order chi connectivity index (χ1) is 8.57. The summed E-state index contributed by atoms with van der Waals surface area (Å²) in [5.74, 6) is 0. The summed E-state index contributed by atoms with van der Waals surface area (Å²) >= 11 is 7.58. The lowest BCUT2D eigenvalue weighted by molar-refractivity contribution is 0.0984. The van der Waals surface area contributed by atoms with Gasteiger partial charge >= 0.3 is 0 Å². The summed E-state index contributed by atoms with van der Waals surface area (Å²) in [6, 6.07) is 10.3. The highest BCUT2D eigenvalue weighted by molar-refractivity contribution is 8.01. The Hall–Kier alpha value is -0.650. The number of nitriles is 1. The van der Waals surface area contributed by atoms with E-state index in [0.717, 1.165) is 22.8 Å². The summed E-state index contributed by atoms with van der Waals surface area (Å²) < 4.78 is -0.222. The molecule has 0 aromatic heterocycles. The van der Waals surface area contributed by atoms with E-state index in [0.29, 0.717) is 5.41 Å². The molecular weight excluding hydrogens is 262 g/mol. The second-order valence-corrected chi connectivity index (χ2v) is 7.12. The van der Waals surface area contributed by atoms with Crippen LogP contribution in [0.1, 0.15) is 39.5 Å². The van der Waals surface area contributed by atoms with Gasteiger partial charge in [-0.2, -0.15) is 5.26 Å². The molecule has 18 heavy (non-hydrogen) atoms. The van der Waals surface area contributed by atoms with E-state index in [1.165, 1.54) is 12.8 Å². The normalized spacial score (nSPS) is 19.9. The molecule has 1 aliphatic rings. The van der Waals surface area contributed by atoms with Crippen molar-refractivity contribution >= 4 is 23.4 Å². The first-order valence-electron chi connectivity index (χ1n) is 6.43. The molecule has 0 aliphatic heterocycles. The predicted octanol–water partition coefficient (Wildman–Crippen LogP) is 5.29. The zero-order chi connectivity index (χ0) is 13.2. The van der Waals surface area contributed by atoms with E-state index in [2.05, 4.69) is 19.9 Å². The summed E-state index contributed by atoms with van der Waals surface area (Å²) in [6.45, 7) is 4.47. The Morgan fingerprint density at radius 3 is 2.22 bits per heavy atom. The van der Waals surface area contributed by atoms with Gasteiger partial charge < -0.3 is 0 Å². The number of benzene rings is 1. The smallest absolute Gasteiger partial charge is 0.108 e. The summed E-state index contributed by atoms with van der Waals surface area (Å²) in [5, 5.41) is 10.2. The lowest BCUT2D eigenvalue weighted by Crippen LogP contribution is -2.48. The Morgan fingerprint density at radius 2 is 1.78 bits per heavy atom. The minimum absolute atomic E-state index is 0.222. The molecule has 0 saturated heterocycles. The Labute approximate surface area is 119 Å². The van der Waals surface area contributed by atoms with Gasteiger partial charge in [0, 0.05) is 9.92 Å².